The van der Waals surface area contributed by atoms with Crippen LogP contribution in [0, 0.1) is 18.3 Å². The second kappa shape index (κ2) is 9.62. The minimum absolute atomic E-state index is 0.0652. The van der Waals surface area contributed by atoms with Gasteiger partial charge in [-0.2, -0.15) is 14.0 Å². The Balaban J connectivity index is 1.70. The molecule has 0 radical (unpaired) electrons. The molecular weight excluding hydrogens is 454 g/mol. The van der Waals surface area contributed by atoms with Crippen molar-refractivity contribution in [2.75, 3.05) is 23.3 Å². The monoisotopic (exact) mass is 478 g/mol. The molecule has 4 rings (SSSR count). The summed E-state index contributed by atoms with van der Waals surface area (Å²) >= 11 is 0. The molecule has 1 fully saturated rings. The van der Waals surface area contributed by atoms with E-state index in [9.17, 15) is 13.6 Å². The minimum atomic E-state index is -3.08. The normalized spacial score (nSPS) is 14.4. The maximum absolute atomic E-state index is 13.8. The van der Waals surface area contributed by atoms with E-state index in [1.165, 1.54) is 18.5 Å². The van der Waals surface area contributed by atoms with Crippen molar-refractivity contribution >= 4 is 17.5 Å². The number of rotatable bonds is 7. The maximum atomic E-state index is 13.8. The number of aromatic nitrogens is 3. The number of ether oxygens (including phenoxy) is 1. The van der Waals surface area contributed by atoms with Crippen LogP contribution in [-0.2, 0) is 10.2 Å². The molecule has 35 heavy (non-hydrogen) atoms. The van der Waals surface area contributed by atoms with Crippen molar-refractivity contribution in [1.82, 2.24) is 15.0 Å². The molecule has 0 saturated carbocycles. The summed E-state index contributed by atoms with van der Waals surface area (Å²) in [6.07, 6.45) is 2.85. The molecule has 10 heteroatoms. The largest absolute Gasteiger partial charge is 0.415 e. The Morgan fingerprint density at radius 2 is 1.86 bits per heavy atom. The van der Waals surface area contributed by atoms with Gasteiger partial charge in [-0.15, -0.1) is 0 Å². The first kappa shape index (κ1) is 24.0. The Labute approximate surface area is 201 Å². The molecule has 1 saturated heterocycles. The number of nitrogens with one attached hydrogen (secondary N) is 1. The number of hydrogen-bond acceptors (Lipinski definition) is 7. The Bertz CT molecular complexity index is 1270. The van der Waals surface area contributed by atoms with Crippen molar-refractivity contribution in [3.05, 3.63) is 71.2 Å². The summed E-state index contributed by atoms with van der Waals surface area (Å²) in [5, 5.41) is 11.8. The van der Waals surface area contributed by atoms with Crippen molar-refractivity contribution in [3.8, 4) is 11.9 Å². The zero-order chi connectivity index (χ0) is 25.2. The van der Waals surface area contributed by atoms with Crippen LogP contribution in [-0.4, -0.2) is 40.6 Å². The standard InChI is InChI=1S/C25H24F2N6O2/c1-15(2)18-6-4-5-7-19(18)25(13-33(14-25)24-29-11-17(10-28)12-30-24)22(34)32-20-9-8-16(3)31-21(20)35-23(26)27/h4-9,11-12,15,23H,13-14H2,1-3H3,(H,32,34). The lowest BCUT2D eigenvalue weighted by molar-refractivity contribution is -0.122. The van der Waals surface area contributed by atoms with Crippen LogP contribution in [0.2, 0.25) is 0 Å². The number of anilines is 2. The van der Waals surface area contributed by atoms with Crippen LogP contribution in [0.4, 0.5) is 20.4 Å². The lowest BCUT2D eigenvalue weighted by Crippen LogP contribution is -2.66. The molecule has 0 spiro atoms. The molecule has 1 aliphatic heterocycles. The first-order valence-electron chi connectivity index (χ1n) is 11.0. The highest BCUT2D eigenvalue weighted by Crippen LogP contribution is 2.41. The van der Waals surface area contributed by atoms with Crippen LogP contribution < -0.4 is 15.0 Å². The number of nitrogens with zero attached hydrogens (tertiary/aromatic N) is 5. The molecule has 3 aromatic rings. The van der Waals surface area contributed by atoms with Gasteiger partial charge < -0.3 is 15.0 Å². The fraction of sp³-hybridized carbons (Fsp3) is 0.320. The van der Waals surface area contributed by atoms with Crippen LogP contribution >= 0.6 is 0 Å². The van der Waals surface area contributed by atoms with Crippen LogP contribution in [0.25, 0.3) is 0 Å². The Morgan fingerprint density at radius 1 is 1.17 bits per heavy atom. The van der Waals surface area contributed by atoms with E-state index in [4.69, 9.17) is 5.26 Å². The average Bonchev–Trinajstić information content (AvgIpc) is 2.80. The highest BCUT2D eigenvalue weighted by Gasteiger charge is 2.52. The second-order valence-corrected chi connectivity index (χ2v) is 8.70. The first-order valence-corrected chi connectivity index (χ1v) is 11.0. The number of nitriles is 1. The van der Waals surface area contributed by atoms with Gasteiger partial charge in [0.05, 0.1) is 18.0 Å². The number of aryl methyl sites for hydroxylation is 1. The van der Waals surface area contributed by atoms with Crippen molar-refractivity contribution in [3.63, 3.8) is 0 Å². The lowest BCUT2D eigenvalue weighted by Gasteiger charge is -2.50. The van der Waals surface area contributed by atoms with Gasteiger partial charge in [-0.3, -0.25) is 4.79 Å². The highest BCUT2D eigenvalue weighted by atomic mass is 19.3. The second-order valence-electron chi connectivity index (χ2n) is 8.70. The van der Waals surface area contributed by atoms with E-state index in [2.05, 4.69) is 25.0 Å². The number of alkyl halides is 2. The van der Waals surface area contributed by atoms with Gasteiger partial charge in [0.25, 0.3) is 0 Å². The molecule has 1 N–H and O–H groups in total. The van der Waals surface area contributed by atoms with Crippen LogP contribution in [0.15, 0.2) is 48.8 Å². The molecule has 0 bridgehead atoms. The van der Waals surface area contributed by atoms with Gasteiger partial charge in [0.1, 0.15) is 17.2 Å². The fourth-order valence-corrected chi connectivity index (χ4v) is 4.21. The number of benzene rings is 1. The Hall–Kier alpha value is -4.13. The zero-order valence-corrected chi connectivity index (χ0v) is 19.5. The van der Waals surface area contributed by atoms with Crippen molar-refractivity contribution in [1.29, 1.82) is 5.26 Å². The third kappa shape index (κ3) is 4.75. The van der Waals surface area contributed by atoms with Gasteiger partial charge in [-0.25, -0.2) is 15.0 Å². The van der Waals surface area contributed by atoms with E-state index < -0.39 is 12.0 Å². The summed E-state index contributed by atoms with van der Waals surface area (Å²) < 4.78 is 30.5. The van der Waals surface area contributed by atoms with Crippen molar-refractivity contribution < 1.29 is 18.3 Å². The van der Waals surface area contributed by atoms with Crippen molar-refractivity contribution in [2.24, 2.45) is 0 Å². The summed E-state index contributed by atoms with van der Waals surface area (Å²) in [6, 6.07) is 12.8. The SMILES string of the molecule is Cc1ccc(NC(=O)C2(c3ccccc3C(C)C)CN(c3ncc(C#N)cn3)C2)c(OC(F)F)n1. The molecule has 1 aromatic carbocycles. The third-order valence-electron chi connectivity index (χ3n) is 5.95. The number of hydrogen-bond donors (Lipinski definition) is 1. The van der Waals surface area contributed by atoms with E-state index in [0.29, 0.717) is 17.2 Å². The summed E-state index contributed by atoms with van der Waals surface area (Å²) in [5.41, 5.74) is 1.73. The van der Waals surface area contributed by atoms with Gasteiger partial charge >= 0.3 is 6.61 Å². The van der Waals surface area contributed by atoms with Gasteiger partial charge in [0.15, 0.2) is 0 Å². The predicted octanol–water partition coefficient (Wildman–Crippen LogP) is 4.17. The quantitative estimate of drug-likeness (QED) is 0.543. The number of carbonyl (C=O) groups is 1. The zero-order valence-electron chi connectivity index (χ0n) is 19.5. The van der Waals surface area contributed by atoms with Gasteiger partial charge in [0.2, 0.25) is 17.7 Å². The van der Waals surface area contributed by atoms with Gasteiger partial charge in [0, 0.05) is 18.8 Å². The van der Waals surface area contributed by atoms with E-state index in [1.54, 1.807) is 13.0 Å². The molecule has 2 aromatic heterocycles. The maximum Gasteiger partial charge on any atom is 0.388 e. The van der Waals surface area contributed by atoms with E-state index in [1.807, 2.05) is 49.1 Å². The van der Waals surface area contributed by atoms with E-state index in [0.717, 1.165) is 11.1 Å². The molecule has 180 valence electrons. The summed E-state index contributed by atoms with van der Waals surface area (Å²) in [6.45, 7) is 3.18. The first-order chi connectivity index (χ1) is 16.7. The fourth-order valence-electron chi connectivity index (χ4n) is 4.21. The molecule has 1 aliphatic rings. The third-order valence-corrected chi connectivity index (χ3v) is 5.95. The van der Waals surface area contributed by atoms with Gasteiger partial charge in [-0.05, 0) is 36.1 Å². The smallest absolute Gasteiger partial charge is 0.388 e. The summed E-state index contributed by atoms with van der Waals surface area (Å²) in [5.74, 6) is -0.171. The number of amides is 1. The van der Waals surface area contributed by atoms with Crippen molar-refractivity contribution in [2.45, 2.75) is 38.7 Å². The summed E-state index contributed by atoms with van der Waals surface area (Å²) in [7, 11) is 0. The van der Waals surface area contributed by atoms with Gasteiger partial charge in [-0.1, -0.05) is 38.1 Å². The molecule has 8 nitrogen and oxygen atoms in total. The Kier molecular flexibility index (Phi) is 6.60. The average molecular weight is 479 g/mol. The van der Waals surface area contributed by atoms with Crippen LogP contribution in [0.5, 0.6) is 5.88 Å². The molecule has 1 amide bonds. The lowest BCUT2D eigenvalue weighted by atomic mass is 9.69. The molecule has 0 aliphatic carbocycles. The number of carbonyl (C=O) groups excluding carboxylic acids is 1. The molecule has 0 atom stereocenters. The van der Waals surface area contributed by atoms with Crippen LogP contribution in [0.3, 0.4) is 0 Å². The summed E-state index contributed by atoms with van der Waals surface area (Å²) in [4.78, 5) is 28.1. The topological polar surface area (TPSA) is 104 Å². The minimum Gasteiger partial charge on any atom is -0.415 e. The van der Waals surface area contributed by atoms with E-state index in [-0.39, 0.29) is 36.5 Å². The molecule has 0 unspecified atom stereocenters. The van der Waals surface area contributed by atoms with Crippen LogP contribution in [0.1, 0.15) is 42.1 Å². The molecule has 3 heterocycles. The van der Waals surface area contributed by atoms with E-state index >= 15 is 0 Å². The predicted molar refractivity (Wildman–Crippen MR) is 125 cm³/mol. The number of pyridine rings is 1. The molecular formula is C25H24F2N6O2. The Morgan fingerprint density at radius 3 is 2.49 bits per heavy atom. The number of halogens is 2. The highest BCUT2D eigenvalue weighted by molar-refractivity contribution is 6.02.